The minimum Gasteiger partial charge on any atom is -0.493 e. The summed E-state index contributed by atoms with van der Waals surface area (Å²) in [5.74, 6) is 1.93. The third-order valence-corrected chi connectivity index (χ3v) is 5.46. The number of fused-ring (bicyclic) bond motifs is 1. The molecule has 0 spiro atoms. The first-order valence-electron chi connectivity index (χ1n) is 11.4. The van der Waals surface area contributed by atoms with E-state index in [4.69, 9.17) is 9.47 Å². The molecular weight excluding hydrogens is 428 g/mol. The number of amides is 1. The van der Waals surface area contributed by atoms with E-state index in [9.17, 15) is 4.79 Å². The first-order chi connectivity index (χ1) is 16.6. The molecule has 0 aliphatic rings. The summed E-state index contributed by atoms with van der Waals surface area (Å²) in [5, 5.41) is 6.28. The van der Waals surface area contributed by atoms with Crippen molar-refractivity contribution in [1.82, 2.24) is 15.3 Å². The molecule has 1 amide bonds. The largest absolute Gasteiger partial charge is 0.493 e. The number of benzene rings is 3. The highest BCUT2D eigenvalue weighted by Crippen LogP contribution is 2.28. The van der Waals surface area contributed by atoms with Gasteiger partial charge in [-0.05, 0) is 61.9 Å². The monoisotopic (exact) mass is 458 g/mol. The SMILES string of the molecule is COc1cc(CNCCCc2nc3ccccc3[nH]2)ccc1OCC(=O)Nc1ccc(C)cc1. The van der Waals surface area contributed by atoms with Crippen LogP contribution in [0.25, 0.3) is 11.0 Å². The molecular formula is C27H30N4O3. The van der Waals surface area contributed by atoms with Crippen LogP contribution in [0.3, 0.4) is 0 Å². The molecule has 0 bridgehead atoms. The molecule has 34 heavy (non-hydrogen) atoms. The molecule has 0 aliphatic carbocycles. The number of aromatic amines is 1. The minimum atomic E-state index is -0.221. The van der Waals surface area contributed by atoms with E-state index in [0.29, 0.717) is 18.0 Å². The maximum Gasteiger partial charge on any atom is 0.262 e. The summed E-state index contributed by atoms with van der Waals surface area (Å²) >= 11 is 0. The molecule has 1 aromatic heterocycles. The summed E-state index contributed by atoms with van der Waals surface area (Å²) in [6, 6.07) is 21.4. The topological polar surface area (TPSA) is 88.3 Å². The van der Waals surface area contributed by atoms with E-state index in [0.717, 1.165) is 53.1 Å². The van der Waals surface area contributed by atoms with Crippen LogP contribution in [0.1, 0.15) is 23.4 Å². The van der Waals surface area contributed by atoms with Gasteiger partial charge in [-0.2, -0.15) is 0 Å². The molecule has 0 fully saturated rings. The van der Waals surface area contributed by atoms with Gasteiger partial charge in [0.15, 0.2) is 18.1 Å². The lowest BCUT2D eigenvalue weighted by molar-refractivity contribution is -0.118. The summed E-state index contributed by atoms with van der Waals surface area (Å²) < 4.78 is 11.2. The predicted octanol–water partition coefficient (Wildman–Crippen LogP) is 4.62. The van der Waals surface area contributed by atoms with Crippen LogP contribution in [0.15, 0.2) is 66.7 Å². The van der Waals surface area contributed by atoms with Crippen LogP contribution in [-0.2, 0) is 17.8 Å². The van der Waals surface area contributed by atoms with E-state index in [1.54, 1.807) is 7.11 Å². The highest BCUT2D eigenvalue weighted by atomic mass is 16.5. The number of rotatable bonds is 11. The highest BCUT2D eigenvalue weighted by molar-refractivity contribution is 5.91. The molecule has 0 unspecified atom stereocenters. The van der Waals surface area contributed by atoms with Crippen molar-refractivity contribution in [3.05, 3.63) is 83.7 Å². The number of ether oxygens (including phenoxy) is 2. The smallest absolute Gasteiger partial charge is 0.262 e. The molecule has 4 aromatic rings. The zero-order valence-corrected chi connectivity index (χ0v) is 19.6. The average Bonchev–Trinajstić information content (AvgIpc) is 3.27. The Hall–Kier alpha value is -3.84. The summed E-state index contributed by atoms with van der Waals surface area (Å²) in [4.78, 5) is 20.2. The van der Waals surface area contributed by atoms with Gasteiger partial charge in [-0.15, -0.1) is 0 Å². The fourth-order valence-electron chi connectivity index (χ4n) is 3.66. The summed E-state index contributed by atoms with van der Waals surface area (Å²) in [6.45, 7) is 3.49. The van der Waals surface area contributed by atoms with E-state index >= 15 is 0 Å². The van der Waals surface area contributed by atoms with E-state index in [1.807, 2.05) is 73.7 Å². The number of nitrogens with one attached hydrogen (secondary N) is 3. The molecule has 7 heteroatoms. The molecule has 0 saturated heterocycles. The summed E-state index contributed by atoms with van der Waals surface area (Å²) in [5.41, 5.74) is 5.05. The molecule has 1 heterocycles. The van der Waals surface area contributed by atoms with Crippen molar-refractivity contribution in [3.63, 3.8) is 0 Å². The van der Waals surface area contributed by atoms with Crippen LogP contribution in [0.4, 0.5) is 5.69 Å². The van der Waals surface area contributed by atoms with E-state index in [1.165, 1.54) is 0 Å². The number of imidazole rings is 1. The molecule has 0 atom stereocenters. The van der Waals surface area contributed by atoms with Gasteiger partial charge in [0.05, 0.1) is 18.1 Å². The Morgan fingerprint density at radius 2 is 1.85 bits per heavy atom. The third-order valence-electron chi connectivity index (χ3n) is 5.46. The third kappa shape index (κ3) is 6.36. The Kier molecular flexibility index (Phi) is 7.78. The minimum absolute atomic E-state index is 0.0936. The standard InChI is InChI=1S/C27H30N4O3/c1-19-9-12-21(13-10-19)29-27(32)18-34-24-14-11-20(16-25(24)33-2)17-28-15-5-8-26-30-22-6-3-4-7-23(22)31-26/h3-4,6-7,9-14,16,28H,5,8,15,17-18H2,1-2H3,(H,29,32)(H,30,31). The lowest BCUT2D eigenvalue weighted by Gasteiger charge is -2.13. The highest BCUT2D eigenvalue weighted by Gasteiger charge is 2.09. The van der Waals surface area contributed by atoms with Gasteiger partial charge >= 0.3 is 0 Å². The van der Waals surface area contributed by atoms with Crippen molar-refractivity contribution in [3.8, 4) is 11.5 Å². The number of hydrogen-bond donors (Lipinski definition) is 3. The van der Waals surface area contributed by atoms with Crippen LogP contribution in [0, 0.1) is 6.92 Å². The Bertz CT molecular complexity index is 1200. The van der Waals surface area contributed by atoms with Gasteiger partial charge in [0.1, 0.15) is 5.82 Å². The van der Waals surface area contributed by atoms with Crippen molar-refractivity contribution in [1.29, 1.82) is 0 Å². The maximum absolute atomic E-state index is 12.2. The fourth-order valence-corrected chi connectivity index (χ4v) is 3.66. The quantitative estimate of drug-likeness (QED) is 0.286. The van der Waals surface area contributed by atoms with Crippen molar-refractivity contribution in [2.75, 3.05) is 25.6 Å². The van der Waals surface area contributed by atoms with Crippen molar-refractivity contribution in [2.45, 2.75) is 26.3 Å². The van der Waals surface area contributed by atoms with E-state index < -0.39 is 0 Å². The Morgan fingerprint density at radius 1 is 1.03 bits per heavy atom. The van der Waals surface area contributed by atoms with Crippen LogP contribution in [0.2, 0.25) is 0 Å². The van der Waals surface area contributed by atoms with Crippen molar-refractivity contribution < 1.29 is 14.3 Å². The molecule has 3 aromatic carbocycles. The second-order valence-corrected chi connectivity index (χ2v) is 8.17. The Labute approximate surface area is 199 Å². The van der Waals surface area contributed by atoms with E-state index in [-0.39, 0.29) is 12.5 Å². The molecule has 0 saturated carbocycles. The van der Waals surface area contributed by atoms with E-state index in [2.05, 4.69) is 20.6 Å². The Balaban J connectivity index is 1.21. The number of anilines is 1. The Morgan fingerprint density at radius 3 is 2.65 bits per heavy atom. The average molecular weight is 459 g/mol. The van der Waals surface area contributed by atoms with Gasteiger partial charge in [0.25, 0.3) is 5.91 Å². The molecule has 176 valence electrons. The van der Waals surface area contributed by atoms with Gasteiger partial charge in [-0.25, -0.2) is 4.98 Å². The van der Waals surface area contributed by atoms with Crippen LogP contribution < -0.4 is 20.1 Å². The second kappa shape index (κ2) is 11.3. The molecule has 3 N–H and O–H groups in total. The van der Waals surface area contributed by atoms with Gasteiger partial charge < -0.3 is 25.1 Å². The zero-order valence-electron chi connectivity index (χ0n) is 19.6. The fraction of sp³-hybridized carbons (Fsp3) is 0.259. The molecule has 0 aliphatic heterocycles. The van der Waals surface area contributed by atoms with Gasteiger partial charge in [0, 0.05) is 18.7 Å². The second-order valence-electron chi connectivity index (χ2n) is 8.17. The molecule has 0 radical (unpaired) electrons. The number of nitrogens with zero attached hydrogens (tertiary/aromatic N) is 1. The predicted molar refractivity (Wildman–Crippen MR) is 134 cm³/mol. The van der Waals surface area contributed by atoms with Crippen LogP contribution in [0.5, 0.6) is 11.5 Å². The number of methoxy groups -OCH3 is 1. The van der Waals surface area contributed by atoms with Crippen LogP contribution in [-0.4, -0.2) is 36.1 Å². The lowest BCUT2D eigenvalue weighted by atomic mass is 10.2. The first-order valence-corrected chi connectivity index (χ1v) is 11.4. The summed E-state index contributed by atoms with van der Waals surface area (Å²) in [7, 11) is 1.60. The number of carbonyl (C=O) groups excluding carboxylic acids is 1. The first kappa shape index (κ1) is 23.3. The number of hydrogen-bond acceptors (Lipinski definition) is 5. The summed E-state index contributed by atoms with van der Waals surface area (Å²) in [6.07, 6.45) is 1.87. The van der Waals surface area contributed by atoms with Gasteiger partial charge in [-0.1, -0.05) is 35.9 Å². The normalized spacial score (nSPS) is 10.9. The lowest BCUT2D eigenvalue weighted by Crippen LogP contribution is -2.20. The zero-order chi connectivity index (χ0) is 23.8. The molecule has 7 nitrogen and oxygen atoms in total. The number of aromatic nitrogens is 2. The van der Waals surface area contributed by atoms with Crippen LogP contribution >= 0.6 is 0 Å². The maximum atomic E-state index is 12.2. The van der Waals surface area contributed by atoms with Crippen molar-refractivity contribution >= 4 is 22.6 Å². The number of aryl methyl sites for hydroxylation is 2. The number of H-pyrrole nitrogens is 1. The number of carbonyl (C=O) groups is 1. The van der Waals surface area contributed by atoms with Gasteiger partial charge in [0.2, 0.25) is 0 Å². The van der Waals surface area contributed by atoms with Crippen molar-refractivity contribution in [2.24, 2.45) is 0 Å². The van der Waals surface area contributed by atoms with Gasteiger partial charge in [-0.3, -0.25) is 4.79 Å². The molecule has 4 rings (SSSR count). The number of para-hydroxylation sites is 2.